The third-order valence-electron chi connectivity index (χ3n) is 4.01. The number of fused-ring (bicyclic) bond motifs is 1. The fraction of sp³-hybridized carbons (Fsp3) is 0.312. The van der Waals surface area contributed by atoms with E-state index >= 15 is 0 Å². The van der Waals surface area contributed by atoms with E-state index < -0.39 is 11.9 Å². The number of aromatic nitrogens is 1. The second-order valence-corrected chi connectivity index (χ2v) is 5.37. The molecule has 1 aliphatic rings. The number of pyridine rings is 1. The fourth-order valence-electron chi connectivity index (χ4n) is 2.90. The molecule has 1 aromatic carbocycles. The van der Waals surface area contributed by atoms with Crippen molar-refractivity contribution < 1.29 is 14.7 Å². The molecule has 1 amide bonds. The minimum Gasteiger partial charge on any atom is -0.481 e. The maximum atomic E-state index is 12.3. The molecule has 0 spiro atoms. The smallest absolute Gasteiger partial charge is 0.308 e. The molecule has 1 aromatic heterocycles. The summed E-state index contributed by atoms with van der Waals surface area (Å²) < 4.78 is 0. The maximum Gasteiger partial charge on any atom is 0.308 e. The van der Waals surface area contributed by atoms with Gasteiger partial charge >= 0.3 is 5.97 Å². The molecular weight excluding hydrogens is 268 g/mol. The van der Waals surface area contributed by atoms with Crippen LogP contribution in [-0.2, 0) is 4.79 Å². The molecule has 0 unspecified atom stereocenters. The van der Waals surface area contributed by atoms with E-state index in [1.807, 2.05) is 12.1 Å². The Labute approximate surface area is 122 Å². The number of nitrogens with zero attached hydrogens (tertiary/aromatic N) is 1. The molecule has 21 heavy (non-hydrogen) atoms. The summed E-state index contributed by atoms with van der Waals surface area (Å²) in [4.78, 5) is 27.6. The summed E-state index contributed by atoms with van der Waals surface area (Å²) in [6.07, 6.45) is 3.89. The second-order valence-electron chi connectivity index (χ2n) is 5.37. The first kappa shape index (κ1) is 13.5. The van der Waals surface area contributed by atoms with Crippen LogP contribution in [0.2, 0.25) is 0 Å². The highest BCUT2D eigenvalue weighted by Crippen LogP contribution is 2.26. The Morgan fingerprint density at radius 2 is 2.10 bits per heavy atom. The van der Waals surface area contributed by atoms with Crippen molar-refractivity contribution in [2.24, 2.45) is 5.92 Å². The molecule has 2 N–H and O–H groups in total. The number of hydrogen-bond acceptors (Lipinski definition) is 3. The van der Waals surface area contributed by atoms with Gasteiger partial charge in [0.25, 0.3) is 5.91 Å². The number of aliphatic carboxylic acids is 1. The van der Waals surface area contributed by atoms with Crippen LogP contribution in [0.3, 0.4) is 0 Å². The molecule has 1 aliphatic carbocycles. The van der Waals surface area contributed by atoms with Crippen molar-refractivity contribution in [3.8, 4) is 0 Å². The highest BCUT2D eigenvalue weighted by atomic mass is 16.4. The molecule has 5 nitrogen and oxygen atoms in total. The van der Waals surface area contributed by atoms with Gasteiger partial charge in [0, 0.05) is 23.2 Å². The summed E-state index contributed by atoms with van der Waals surface area (Å²) in [7, 11) is 0. The Morgan fingerprint density at radius 3 is 2.90 bits per heavy atom. The number of carboxylic acids is 1. The number of benzene rings is 1. The first-order chi connectivity index (χ1) is 10.1. The molecule has 108 valence electrons. The van der Waals surface area contributed by atoms with Crippen LogP contribution in [-0.4, -0.2) is 28.0 Å². The Kier molecular flexibility index (Phi) is 3.56. The van der Waals surface area contributed by atoms with Gasteiger partial charge in [-0.2, -0.15) is 0 Å². The minimum absolute atomic E-state index is 0.223. The molecule has 1 fully saturated rings. The number of carboxylic acid groups (broad SMARTS) is 1. The van der Waals surface area contributed by atoms with Crippen molar-refractivity contribution in [2.45, 2.75) is 25.3 Å². The molecular formula is C16H16N2O3. The molecule has 0 aliphatic heterocycles. The monoisotopic (exact) mass is 284 g/mol. The average Bonchev–Trinajstić information content (AvgIpc) is 2.95. The molecule has 0 radical (unpaired) electrons. The zero-order valence-corrected chi connectivity index (χ0v) is 11.5. The minimum atomic E-state index is -0.833. The normalized spacial score (nSPS) is 21.3. The van der Waals surface area contributed by atoms with E-state index in [-0.39, 0.29) is 11.9 Å². The van der Waals surface area contributed by atoms with E-state index in [0.717, 1.165) is 23.7 Å². The SMILES string of the molecule is O=C(N[C@H]1CCC[C@@H]1C(=O)O)c1ccc2ncccc2c1. The van der Waals surface area contributed by atoms with Crippen molar-refractivity contribution in [1.82, 2.24) is 10.3 Å². The standard InChI is InChI=1S/C16H16N2O3/c19-15(18-14-5-1-4-12(14)16(20)21)11-6-7-13-10(9-11)3-2-8-17-13/h2-3,6-9,12,14H,1,4-5H2,(H,18,19)(H,20,21)/t12-,14-/m0/s1. The van der Waals surface area contributed by atoms with Crippen LogP contribution >= 0.6 is 0 Å². The lowest BCUT2D eigenvalue weighted by Crippen LogP contribution is -2.40. The van der Waals surface area contributed by atoms with Gasteiger partial charge in [-0.1, -0.05) is 12.5 Å². The van der Waals surface area contributed by atoms with E-state index in [2.05, 4.69) is 10.3 Å². The summed E-state index contributed by atoms with van der Waals surface area (Å²) in [5.74, 6) is -1.53. The number of amides is 1. The number of rotatable bonds is 3. The Morgan fingerprint density at radius 1 is 1.24 bits per heavy atom. The van der Waals surface area contributed by atoms with E-state index in [4.69, 9.17) is 5.11 Å². The van der Waals surface area contributed by atoms with Gasteiger partial charge in [0.2, 0.25) is 0 Å². The van der Waals surface area contributed by atoms with Crippen molar-refractivity contribution in [2.75, 3.05) is 0 Å². The van der Waals surface area contributed by atoms with Crippen LogP contribution in [0.4, 0.5) is 0 Å². The molecule has 0 saturated heterocycles. The lowest BCUT2D eigenvalue weighted by atomic mass is 10.0. The first-order valence-electron chi connectivity index (χ1n) is 7.03. The molecule has 3 rings (SSSR count). The molecule has 1 heterocycles. The van der Waals surface area contributed by atoms with Crippen molar-refractivity contribution in [3.05, 3.63) is 42.1 Å². The quantitative estimate of drug-likeness (QED) is 0.905. The summed E-state index contributed by atoms with van der Waals surface area (Å²) in [5, 5.41) is 12.9. The van der Waals surface area contributed by atoms with Crippen LogP contribution in [0.1, 0.15) is 29.6 Å². The van der Waals surface area contributed by atoms with Crippen molar-refractivity contribution >= 4 is 22.8 Å². The zero-order valence-electron chi connectivity index (χ0n) is 11.5. The van der Waals surface area contributed by atoms with Gasteiger partial charge in [-0.3, -0.25) is 14.6 Å². The number of carbonyl (C=O) groups is 2. The van der Waals surface area contributed by atoms with Crippen LogP contribution in [0.25, 0.3) is 10.9 Å². The van der Waals surface area contributed by atoms with Gasteiger partial charge < -0.3 is 10.4 Å². The maximum absolute atomic E-state index is 12.3. The van der Waals surface area contributed by atoms with Gasteiger partial charge in [0.15, 0.2) is 0 Å². The highest BCUT2D eigenvalue weighted by Gasteiger charge is 2.33. The summed E-state index contributed by atoms with van der Waals surface area (Å²) in [5.41, 5.74) is 1.37. The van der Waals surface area contributed by atoms with E-state index in [1.165, 1.54) is 0 Å². The van der Waals surface area contributed by atoms with Crippen molar-refractivity contribution in [3.63, 3.8) is 0 Å². The lowest BCUT2D eigenvalue weighted by molar-refractivity contribution is -0.142. The molecule has 1 saturated carbocycles. The first-order valence-corrected chi connectivity index (χ1v) is 7.03. The number of hydrogen-bond donors (Lipinski definition) is 2. The summed E-state index contributed by atoms with van der Waals surface area (Å²) in [6.45, 7) is 0. The van der Waals surface area contributed by atoms with E-state index in [0.29, 0.717) is 12.0 Å². The van der Waals surface area contributed by atoms with Crippen LogP contribution < -0.4 is 5.32 Å². The zero-order chi connectivity index (χ0) is 14.8. The Balaban J connectivity index is 1.79. The average molecular weight is 284 g/mol. The van der Waals surface area contributed by atoms with Crippen LogP contribution in [0.15, 0.2) is 36.5 Å². The molecule has 2 aromatic rings. The van der Waals surface area contributed by atoms with Gasteiger partial charge in [-0.05, 0) is 37.1 Å². The third kappa shape index (κ3) is 2.72. The molecule has 5 heteroatoms. The third-order valence-corrected chi connectivity index (χ3v) is 4.01. The van der Waals surface area contributed by atoms with Gasteiger partial charge in [-0.25, -0.2) is 0 Å². The van der Waals surface area contributed by atoms with Gasteiger partial charge in [-0.15, -0.1) is 0 Å². The largest absolute Gasteiger partial charge is 0.481 e. The second kappa shape index (κ2) is 5.52. The van der Waals surface area contributed by atoms with Gasteiger partial charge in [0.1, 0.15) is 0 Å². The van der Waals surface area contributed by atoms with Crippen LogP contribution in [0, 0.1) is 5.92 Å². The Hall–Kier alpha value is -2.43. The number of carbonyl (C=O) groups excluding carboxylic acids is 1. The fourth-order valence-corrected chi connectivity index (χ4v) is 2.90. The Bertz CT molecular complexity index is 699. The predicted molar refractivity (Wildman–Crippen MR) is 78.0 cm³/mol. The summed E-state index contributed by atoms with van der Waals surface area (Å²) >= 11 is 0. The molecule has 0 bridgehead atoms. The van der Waals surface area contributed by atoms with Crippen LogP contribution in [0.5, 0.6) is 0 Å². The van der Waals surface area contributed by atoms with Crippen molar-refractivity contribution in [1.29, 1.82) is 0 Å². The molecule has 2 atom stereocenters. The van der Waals surface area contributed by atoms with E-state index in [9.17, 15) is 9.59 Å². The predicted octanol–water partition coefficient (Wildman–Crippen LogP) is 2.22. The highest BCUT2D eigenvalue weighted by molar-refractivity contribution is 5.98. The lowest BCUT2D eigenvalue weighted by Gasteiger charge is -2.17. The van der Waals surface area contributed by atoms with Gasteiger partial charge in [0.05, 0.1) is 11.4 Å². The number of nitrogens with one attached hydrogen (secondary N) is 1. The van der Waals surface area contributed by atoms with E-state index in [1.54, 1.807) is 24.4 Å². The topological polar surface area (TPSA) is 79.3 Å². The summed E-state index contributed by atoms with van der Waals surface area (Å²) in [6, 6.07) is 8.74.